The summed E-state index contributed by atoms with van der Waals surface area (Å²) < 4.78 is 5.21. The number of aromatic nitrogens is 2. The highest BCUT2D eigenvalue weighted by atomic mass is 16.5. The molecule has 1 aromatic rings. The number of carboxylic acid groups (broad SMARTS) is 1. The molecule has 0 amide bonds. The monoisotopic (exact) mass is 252 g/mol. The number of aliphatic carboxylic acids is 1. The van der Waals surface area contributed by atoms with Gasteiger partial charge in [0.25, 0.3) is 0 Å². The summed E-state index contributed by atoms with van der Waals surface area (Å²) in [6.07, 6.45) is 1.79. The van der Waals surface area contributed by atoms with Crippen molar-refractivity contribution in [3.05, 3.63) is 11.7 Å². The van der Waals surface area contributed by atoms with E-state index in [1.165, 1.54) is 0 Å². The van der Waals surface area contributed by atoms with E-state index in [1.807, 2.05) is 13.8 Å². The van der Waals surface area contributed by atoms with Gasteiger partial charge in [0.1, 0.15) is 0 Å². The van der Waals surface area contributed by atoms with Gasteiger partial charge in [-0.05, 0) is 17.8 Å². The maximum Gasteiger partial charge on any atom is 0.307 e. The van der Waals surface area contributed by atoms with Crippen molar-refractivity contribution in [3.63, 3.8) is 0 Å². The Morgan fingerprint density at radius 3 is 2.67 bits per heavy atom. The minimum atomic E-state index is -0.785. The summed E-state index contributed by atoms with van der Waals surface area (Å²) in [5.74, 6) is 0.422. The summed E-state index contributed by atoms with van der Waals surface area (Å²) in [7, 11) is 0. The first-order valence-electron chi connectivity index (χ1n) is 6.39. The molecule has 0 aliphatic heterocycles. The first-order chi connectivity index (χ1) is 8.34. The summed E-state index contributed by atoms with van der Waals surface area (Å²) in [6.45, 7) is 8.14. The fourth-order valence-corrected chi connectivity index (χ4v) is 2.47. The van der Waals surface area contributed by atoms with E-state index < -0.39 is 11.9 Å². The number of rotatable bonds is 5. The predicted octanol–water partition coefficient (Wildman–Crippen LogP) is 2.48. The molecule has 1 aromatic heterocycles. The van der Waals surface area contributed by atoms with Gasteiger partial charge in [-0.2, -0.15) is 4.98 Å². The number of nitrogens with zero attached hydrogens (tertiary/aromatic N) is 2. The van der Waals surface area contributed by atoms with Crippen molar-refractivity contribution < 1.29 is 14.4 Å². The molecule has 1 aliphatic carbocycles. The highest BCUT2D eigenvalue weighted by Gasteiger charge is 2.65. The van der Waals surface area contributed by atoms with Gasteiger partial charge in [0, 0.05) is 6.42 Å². The predicted molar refractivity (Wildman–Crippen MR) is 65.1 cm³/mol. The third-order valence-electron chi connectivity index (χ3n) is 3.79. The zero-order valence-electron chi connectivity index (χ0n) is 11.3. The van der Waals surface area contributed by atoms with Gasteiger partial charge in [-0.3, -0.25) is 4.79 Å². The second-order valence-corrected chi connectivity index (χ2v) is 6.10. The average Bonchev–Trinajstić information content (AvgIpc) is 2.65. The van der Waals surface area contributed by atoms with Crippen LogP contribution in [0.2, 0.25) is 0 Å². The Morgan fingerprint density at radius 1 is 1.50 bits per heavy atom. The van der Waals surface area contributed by atoms with E-state index in [1.54, 1.807) is 0 Å². The van der Waals surface area contributed by atoms with Crippen LogP contribution in [0, 0.1) is 17.3 Å². The maximum atomic E-state index is 11.1. The second kappa shape index (κ2) is 4.37. The molecular formula is C13H20N2O3. The van der Waals surface area contributed by atoms with Gasteiger partial charge in [0.15, 0.2) is 5.82 Å². The van der Waals surface area contributed by atoms with Gasteiger partial charge in [0.05, 0.1) is 11.8 Å². The van der Waals surface area contributed by atoms with Crippen LogP contribution in [0.5, 0.6) is 0 Å². The summed E-state index contributed by atoms with van der Waals surface area (Å²) in [4.78, 5) is 15.4. The Balaban J connectivity index is 2.05. The molecule has 1 aliphatic rings. The van der Waals surface area contributed by atoms with Crippen molar-refractivity contribution >= 4 is 5.97 Å². The highest BCUT2D eigenvalue weighted by molar-refractivity contribution is 5.77. The molecule has 1 heterocycles. The molecular weight excluding hydrogens is 232 g/mol. The van der Waals surface area contributed by atoms with Crippen molar-refractivity contribution in [3.8, 4) is 0 Å². The normalized spacial score (nSPS) is 25.4. The third-order valence-corrected chi connectivity index (χ3v) is 3.79. The van der Waals surface area contributed by atoms with Crippen molar-refractivity contribution in [1.82, 2.24) is 10.1 Å². The molecule has 0 saturated heterocycles. The minimum Gasteiger partial charge on any atom is -0.481 e. The summed E-state index contributed by atoms with van der Waals surface area (Å²) in [5.41, 5.74) is -0.284. The van der Waals surface area contributed by atoms with E-state index in [0.717, 1.165) is 12.8 Å². The lowest BCUT2D eigenvalue weighted by molar-refractivity contribution is -0.139. The number of hydrogen-bond acceptors (Lipinski definition) is 4. The van der Waals surface area contributed by atoms with Crippen molar-refractivity contribution in [2.24, 2.45) is 17.3 Å². The van der Waals surface area contributed by atoms with Gasteiger partial charge in [-0.1, -0.05) is 32.9 Å². The van der Waals surface area contributed by atoms with Crippen LogP contribution in [0.1, 0.15) is 51.7 Å². The quantitative estimate of drug-likeness (QED) is 0.871. The van der Waals surface area contributed by atoms with Crippen LogP contribution in [-0.2, 0) is 11.2 Å². The first kappa shape index (κ1) is 13.1. The van der Waals surface area contributed by atoms with E-state index >= 15 is 0 Å². The molecule has 0 bridgehead atoms. The average molecular weight is 252 g/mol. The van der Waals surface area contributed by atoms with Crippen LogP contribution in [0.15, 0.2) is 4.52 Å². The molecule has 2 unspecified atom stereocenters. The zero-order valence-corrected chi connectivity index (χ0v) is 11.3. The third kappa shape index (κ3) is 2.26. The number of hydrogen-bond donors (Lipinski definition) is 1. The van der Waals surface area contributed by atoms with Crippen LogP contribution in [0.4, 0.5) is 0 Å². The summed E-state index contributed by atoms with van der Waals surface area (Å²) in [6, 6.07) is 0. The van der Waals surface area contributed by atoms with Crippen LogP contribution < -0.4 is 0 Å². The lowest BCUT2D eigenvalue weighted by atomic mass is 10.1. The number of carbonyl (C=O) groups is 1. The molecule has 5 heteroatoms. The molecule has 0 aromatic carbocycles. The SMILES string of the molecule is CC(C)CCc1noc(C2C(C(=O)O)C2(C)C)n1. The van der Waals surface area contributed by atoms with Crippen LogP contribution in [0.25, 0.3) is 0 Å². The van der Waals surface area contributed by atoms with E-state index in [-0.39, 0.29) is 11.3 Å². The van der Waals surface area contributed by atoms with E-state index in [2.05, 4.69) is 24.0 Å². The van der Waals surface area contributed by atoms with Crippen LogP contribution >= 0.6 is 0 Å². The Labute approximate surface area is 107 Å². The Hall–Kier alpha value is -1.39. The zero-order chi connectivity index (χ0) is 13.5. The van der Waals surface area contributed by atoms with Gasteiger partial charge >= 0.3 is 5.97 Å². The molecule has 18 heavy (non-hydrogen) atoms. The second-order valence-electron chi connectivity index (χ2n) is 6.10. The van der Waals surface area contributed by atoms with Crippen LogP contribution in [0.3, 0.4) is 0 Å². The van der Waals surface area contributed by atoms with Gasteiger partial charge in [-0.15, -0.1) is 0 Å². The van der Waals surface area contributed by atoms with E-state index in [9.17, 15) is 4.79 Å². The van der Waals surface area contributed by atoms with Crippen molar-refractivity contribution in [2.45, 2.75) is 46.5 Å². The smallest absolute Gasteiger partial charge is 0.307 e. The fraction of sp³-hybridized carbons (Fsp3) is 0.769. The Kier molecular flexibility index (Phi) is 3.17. The molecule has 0 spiro atoms. The standard InChI is InChI=1S/C13H20N2O3/c1-7(2)5-6-8-14-11(18-15-8)9-10(12(16)17)13(9,3)4/h7,9-10H,5-6H2,1-4H3,(H,16,17). The van der Waals surface area contributed by atoms with Crippen LogP contribution in [-0.4, -0.2) is 21.2 Å². The largest absolute Gasteiger partial charge is 0.481 e. The molecule has 2 atom stereocenters. The maximum absolute atomic E-state index is 11.1. The molecule has 1 fully saturated rings. The van der Waals surface area contributed by atoms with Gasteiger partial charge in [-0.25, -0.2) is 0 Å². The van der Waals surface area contributed by atoms with Gasteiger partial charge < -0.3 is 9.63 Å². The topological polar surface area (TPSA) is 76.2 Å². The molecule has 1 N–H and O–H groups in total. The Bertz CT molecular complexity index is 451. The first-order valence-corrected chi connectivity index (χ1v) is 6.39. The van der Waals surface area contributed by atoms with Crippen molar-refractivity contribution in [1.29, 1.82) is 0 Å². The summed E-state index contributed by atoms with van der Waals surface area (Å²) in [5, 5.41) is 13.0. The lowest BCUT2D eigenvalue weighted by Crippen LogP contribution is -2.03. The molecule has 100 valence electrons. The van der Waals surface area contributed by atoms with E-state index in [0.29, 0.717) is 17.6 Å². The molecule has 5 nitrogen and oxygen atoms in total. The Morgan fingerprint density at radius 2 is 2.17 bits per heavy atom. The molecule has 0 radical (unpaired) electrons. The number of aryl methyl sites for hydroxylation is 1. The van der Waals surface area contributed by atoms with E-state index in [4.69, 9.17) is 9.63 Å². The fourth-order valence-electron chi connectivity index (χ4n) is 2.47. The van der Waals surface area contributed by atoms with Crippen molar-refractivity contribution in [2.75, 3.05) is 0 Å². The molecule has 1 saturated carbocycles. The van der Waals surface area contributed by atoms with Gasteiger partial charge in [0.2, 0.25) is 5.89 Å². The summed E-state index contributed by atoms with van der Waals surface area (Å²) >= 11 is 0. The highest BCUT2D eigenvalue weighted by Crippen LogP contribution is 2.63. The number of carboxylic acids is 1. The lowest BCUT2D eigenvalue weighted by Gasteiger charge is -1.98. The molecule has 2 rings (SSSR count). The minimum absolute atomic E-state index is 0.143.